The first-order chi connectivity index (χ1) is 16.0. The average Bonchev–Trinajstić information content (AvgIpc) is 3.25. The number of fused-ring (bicyclic) bond motifs is 1. The summed E-state index contributed by atoms with van der Waals surface area (Å²) in [5.74, 6) is -0.240. The summed E-state index contributed by atoms with van der Waals surface area (Å²) in [4.78, 5) is 39.0. The molecule has 1 aliphatic carbocycles. The maximum Gasteiger partial charge on any atom is 0.253 e. The number of carbonyl (C=O) groups is 2. The Morgan fingerprint density at radius 3 is 2.67 bits per heavy atom. The molecule has 1 aromatic carbocycles. The Balaban J connectivity index is 1.60. The first-order valence-electron chi connectivity index (χ1n) is 11.4. The topological polar surface area (TPSA) is 111 Å². The standard InChI is InChI=1S/C24H30N6O3/c1-16-12-26-19(13-25-16)14-27-24(32)20-10-18(29-23(31)17-6-4-3-5-7-17)11-21-22(20)30(15-28-21)8-9-33-2/h10-13,15,17H,3-9,14H2,1-2H3,(H,27,32)(H,29,31). The van der Waals surface area contributed by atoms with Gasteiger partial charge in [-0.1, -0.05) is 19.3 Å². The number of rotatable bonds is 8. The quantitative estimate of drug-likeness (QED) is 0.545. The molecule has 0 atom stereocenters. The number of methoxy groups -OCH3 is 1. The summed E-state index contributed by atoms with van der Waals surface area (Å²) < 4.78 is 7.10. The number of benzene rings is 1. The number of carbonyl (C=O) groups excluding carboxylic acids is 2. The highest BCUT2D eigenvalue weighted by Crippen LogP contribution is 2.27. The molecule has 33 heavy (non-hydrogen) atoms. The van der Waals surface area contributed by atoms with Gasteiger partial charge >= 0.3 is 0 Å². The molecule has 1 saturated carbocycles. The zero-order valence-corrected chi connectivity index (χ0v) is 19.1. The third-order valence-corrected chi connectivity index (χ3v) is 6.00. The highest BCUT2D eigenvalue weighted by molar-refractivity contribution is 6.07. The molecular formula is C24H30N6O3. The van der Waals surface area contributed by atoms with E-state index in [0.717, 1.165) is 31.4 Å². The Bertz CT molecular complexity index is 1120. The first kappa shape index (κ1) is 22.8. The first-order valence-corrected chi connectivity index (χ1v) is 11.4. The Morgan fingerprint density at radius 1 is 1.12 bits per heavy atom. The fraction of sp³-hybridized carbons (Fsp3) is 0.458. The van der Waals surface area contributed by atoms with Gasteiger partial charge in [-0.25, -0.2) is 4.98 Å². The fourth-order valence-corrected chi connectivity index (χ4v) is 4.20. The van der Waals surface area contributed by atoms with Crippen LogP contribution in [0.4, 0.5) is 5.69 Å². The van der Waals surface area contributed by atoms with Gasteiger partial charge in [-0.15, -0.1) is 0 Å². The van der Waals surface area contributed by atoms with Crippen molar-refractivity contribution in [2.75, 3.05) is 19.0 Å². The monoisotopic (exact) mass is 450 g/mol. The number of ether oxygens (including phenoxy) is 1. The van der Waals surface area contributed by atoms with Crippen LogP contribution in [0.5, 0.6) is 0 Å². The number of hydrogen-bond donors (Lipinski definition) is 2. The number of imidazole rings is 1. The third-order valence-electron chi connectivity index (χ3n) is 6.00. The average molecular weight is 451 g/mol. The second-order valence-electron chi connectivity index (χ2n) is 8.48. The van der Waals surface area contributed by atoms with Crippen LogP contribution in [-0.4, -0.2) is 45.1 Å². The van der Waals surface area contributed by atoms with Crippen LogP contribution in [0, 0.1) is 12.8 Å². The summed E-state index contributed by atoms with van der Waals surface area (Å²) in [6.07, 6.45) is 10.2. The highest BCUT2D eigenvalue weighted by Gasteiger charge is 2.23. The van der Waals surface area contributed by atoms with E-state index in [0.29, 0.717) is 41.1 Å². The molecule has 0 radical (unpaired) electrons. The Hall–Kier alpha value is -3.33. The van der Waals surface area contributed by atoms with Gasteiger partial charge in [-0.05, 0) is 31.9 Å². The van der Waals surface area contributed by atoms with Crippen molar-refractivity contribution in [2.45, 2.75) is 52.1 Å². The summed E-state index contributed by atoms with van der Waals surface area (Å²) in [7, 11) is 1.63. The molecule has 2 aromatic heterocycles. The van der Waals surface area contributed by atoms with Crippen LogP contribution < -0.4 is 10.6 Å². The molecule has 0 bridgehead atoms. The summed E-state index contributed by atoms with van der Waals surface area (Å²) in [6, 6.07) is 3.55. The van der Waals surface area contributed by atoms with E-state index >= 15 is 0 Å². The maximum atomic E-state index is 13.2. The van der Waals surface area contributed by atoms with Crippen LogP contribution in [0.25, 0.3) is 11.0 Å². The van der Waals surface area contributed by atoms with E-state index in [2.05, 4.69) is 25.6 Å². The lowest BCUT2D eigenvalue weighted by atomic mass is 9.88. The maximum absolute atomic E-state index is 13.2. The minimum Gasteiger partial charge on any atom is -0.383 e. The van der Waals surface area contributed by atoms with Gasteiger partial charge in [0.25, 0.3) is 5.91 Å². The minimum atomic E-state index is -0.268. The van der Waals surface area contributed by atoms with Crippen LogP contribution in [0.3, 0.4) is 0 Å². The molecule has 9 heteroatoms. The van der Waals surface area contributed by atoms with Crippen LogP contribution in [0.15, 0.2) is 30.9 Å². The molecule has 174 valence electrons. The smallest absolute Gasteiger partial charge is 0.253 e. The van der Waals surface area contributed by atoms with Crippen molar-refractivity contribution in [3.63, 3.8) is 0 Å². The Labute approximate surface area is 193 Å². The van der Waals surface area contributed by atoms with E-state index in [1.54, 1.807) is 31.9 Å². The second kappa shape index (κ2) is 10.5. The van der Waals surface area contributed by atoms with E-state index in [9.17, 15) is 9.59 Å². The van der Waals surface area contributed by atoms with Crippen molar-refractivity contribution >= 4 is 28.5 Å². The molecule has 0 saturated heterocycles. The lowest BCUT2D eigenvalue weighted by molar-refractivity contribution is -0.120. The van der Waals surface area contributed by atoms with Gasteiger partial charge in [0, 0.05) is 31.5 Å². The van der Waals surface area contributed by atoms with Crippen LogP contribution in [0.1, 0.15) is 53.8 Å². The van der Waals surface area contributed by atoms with Crippen LogP contribution in [0.2, 0.25) is 0 Å². The summed E-state index contributed by atoms with van der Waals surface area (Å²) >= 11 is 0. The molecule has 3 aromatic rings. The van der Waals surface area contributed by atoms with Crippen molar-refractivity contribution in [3.8, 4) is 0 Å². The predicted molar refractivity (Wildman–Crippen MR) is 125 cm³/mol. The molecule has 1 fully saturated rings. The second-order valence-corrected chi connectivity index (χ2v) is 8.48. The number of nitrogens with one attached hydrogen (secondary N) is 2. The summed E-state index contributed by atoms with van der Waals surface area (Å²) in [5, 5.41) is 5.93. The fourth-order valence-electron chi connectivity index (χ4n) is 4.20. The predicted octanol–water partition coefficient (Wildman–Crippen LogP) is 3.23. The molecule has 9 nitrogen and oxygen atoms in total. The number of aryl methyl sites for hydroxylation is 1. The number of nitrogens with zero attached hydrogens (tertiary/aromatic N) is 4. The summed E-state index contributed by atoms with van der Waals surface area (Å²) in [6.45, 7) is 3.16. The Kier molecular flexibility index (Phi) is 7.29. The van der Waals surface area contributed by atoms with Gasteiger partial charge < -0.3 is 19.9 Å². The zero-order valence-electron chi connectivity index (χ0n) is 19.1. The number of hydrogen-bond acceptors (Lipinski definition) is 6. The van der Waals surface area contributed by atoms with Gasteiger partial charge in [0.15, 0.2) is 0 Å². The lowest BCUT2D eigenvalue weighted by Gasteiger charge is -2.21. The molecule has 0 spiro atoms. The number of amides is 2. The van der Waals surface area contributed by atoms with Gasteiger partial charge in [0.2, 0.25) is 5.91 Å². The Morgan fingerprint density at radius 2 is 1.94 bits per heavy atom. The lowest BCUT2D eigenvalue weighted by Crippen LogP contribution is -2.26. The number of anilines is 1. The van der Waals surface area contributed by atoms with E-state index in [1.807, 2.05) is 17.6 Å². The molecule has 1 aliphatic rings. The molecule has 0 unspecified atom stereocenters. The van der Waals surface area contributed by atoms with Crippen molar-refractivity contribution in [2.24, 2.45) is 5.92 Å². The van der Waals surface area contributed by atoms with E-state index < -0.39 is 0 Å². The van der Waals surface area contributed by atoms with E-state index in [-0.39, 0.29) is 24.3 Å². The van der Waals surface area contributed by atoms with E-state index in [4.69, 9.17) is 4.74 Å². The van der Waals surface area contributed by atoms with Gasteiger partial charge in [0.05, 0.1) is 53.7 Å². The normalized spacial score (nSPS) is 14.4. The molecule has 2 amide bonds. The number of aromatic nitrogens is 4. The van der Waals surface area contributed by atoms with Gasteiger partial charge in [-0.2, -0.15) is 0 Å². The molecule has 0 aliphatic heterocycles. The van der Waals surface area contributed by atoms with Crippen molar-refractivity contribution in [3.05, 3.63) is 47.8 Å². The molecular weight excluding hydrogens is 420 g/mol. The van der Waals surface area contributed by atoms with Crippen LogP contribution in [-0.2, 0) is 22.6 Å². The van der Waals surface area contributed by atoms with Gasteiger partial charge in [-0.3, -0.25) is 19.6 Å². The third kappa shape index (κ3) is 5.54. The molecule has 2 N–H and O–H groups in total. The SMILES string of the molecule is COCCn1cnc2cc(NC(=O)C3CCCCC3)cc(C(=O)NCc3cnc(C)cn3)c21. The van der Waals surface area contributed by atoms with E-state index in [1.165, 1.54) is 6.42 Å². The van der Waals surface area contributed by atoms with Crippen molar-refractivity contribution in [1.82, 2.24) is 24.8 Å². The van der Waals surface area contributed by atoms with Crippen molar-refractivity contribution in [1.29, 1.82) is 0 Å². The van der Waals surface area contributed by atoms with Crippen molar-refractivity contribution < 1.29 is 14.3 Å². The molecule has 2 heterocycles. The van der Waals surface area contributed by atoms with Crippen LogP contribution >= 0.6 is 0 Å². The minimum absolute atomic E-state index is 0.00848. The zero-order chi connectivity index (χ0) is 23.2. The molecule has 4 rings (SSSR count). The largest absolute Gasteiger partial charge is 0.383 e. The summed E-state index contributed by atoms with van der Waals surface area (Å²) in [5.41, 5.74) is 3.86. The van der Waals surface area contributed by atoms with Gasteiger partial charge in [0.1, 0.15) is 0 Å². The highest BCUT2D eigenvalue weighted by atomic mass is 16.5.